The highest BCUT2D eigenvalue weighted by molar-refractivity contribution is 5.98. The maximum atomic E-state index is 13.5. The first kappa shape index (κ1) is 25.5. The lowest BCUT2D eigenvalue weighted by molar-refractivity contribution is -0.131. The van der Waals surface area contributed by atoms with Crippen LogP contribution in [0.25, 0.3) is 0 Å². The van der Waals surface area contributed by atoms with Crippen molar-refractivity contribution in [3.63, 3.8) is 0 Å². The topological polar surface area (TPSA) is 152 Å². The standard InChI is InChI=1S/C26H29N7O4/c1-32-12-5-8-21(32)26(37)33-13-9-18(30-24(35)20-16-28-10-11-29-20)15-22(33)25(36)31-19(23(27)34)14-17-6-3-2-4-7-17/h2-8,10-12,16,18-19,22H,9,13-15H2,1H3,(H2,27,34)(H,30,35)(H,31,36). The highest BCUT2D eigenvalue weighted by Gasteiger charge is 2.39. The van der Waals surface area contributed by atoms with E-state index in [1.807, 2.05) is 30.3 Å². The molecule has 3 atom stereocenters. The first-order valence-corrected chi connectivity index (χ1v) is 12.0. The number of amides is 4. The number of aromatic nitrogens is 3. The van der Waals surface area contributed by atoms with Crippen LogP contribution in [0.3, 0.4) is 0 Å². The smallest absolute Gasteiger partial charge is 0.271 e. The Balaban J connectivity index is 1.53. The number of carbonyl (C=O) groups excluding carboxylic acids is 4. The Morgan fingerprint density at radius 3 is 2.54 bits per heavy atom. The minimum absolute atomic E-state index is 0.155. The van der Waals surface area contributed by atoms with Crippen molar-refractivity contribution in [2.75, 3.05) is 6.54 Å². The minimum Gasteiger partial charge on any atom is -0.368 e. The zero-order valence-electron chi connectivity index (χ0n) is 20.4. The van der Waals surface area contributed by atoms with Gasteiger partial charge in [-0.15, -0.1) is 0 Å². The van der Waals surface area contributed by atoms with Crippen molar-refractivity contribution >= 4 is 23.6 Å². The van der Waals surface area contributed by atoms with Crippen LogP contribution >= 0.6 is 0 Å². The molecule has 11 nitrogen and oxygen atoms in total. The molecule has 0 spiro atoms. The average molecular weight is 504 g/mol. The third-order valence-electron chi connectivity index (χ3n) is 6.40. The van der Waals surface area contributed by atoms with Gasteiger partial charge in [0.05, 0.1) is 6.20 Å². The number of nitrogens with one attached hydrogen (secondary N) is 2. The van der Waals surface area contributed by atoms with Gasteiger partial charge in [-0.3, -0.25) is 24.2 Å². The Morgan fingerprint density at radius 2 is 1.89 bits per heavy atom. The van der Waals surface area contributed by atoms with Crippen LogP contribution < -0.4 is 16.4 Å². The van der Waals surface area contributed by atoms with E-state index in [0.717, 1.165) is 5.56 Å². The molecule has 3 heterocycles. The summed E-state index contributed by atoms with van der Waals surface area (Å²) >= 11 is 0. The summed E-state index contributed by atoms with van der Waals surface area (Å²) in [5.41, 5.74) is 7.02. The fourth-order valence-electron chi connectivity index (χ4n) is 4.43. The molecule has 0 saturated carbocycles. The summed E-state index contributed by atoms with van der Waals surface area (Å²) in [6.45, 7) is 0.230. The fourth-order valence-corrected chi connectivity index (χ4v) is 4.43. The molecule has 1 aromatic carbocycles. The van der Waals surface area contributed by atoms with Gasteiger partial charge in [0.2, 0.25) is 11.8 Å². The highest BCUT2D eigenvalue weighted by atomic mass is 16.2. The summed E-state index contributed by atoms with van der Waals surface area (Å²) in [4.78, 5) is 61.1. The van der Waals surface area contributed by atoms with Crippen molar-refractivity contribution in [2.24, 2.45) is 12.8 Å². The SMILES string of the molecule is Cn1cccc1C(=O)N1CCC(NC(=O)c2cnccn2)CC1C(=O)NC(Cc1ccccc1)C(N)=O. The van der Waals surface area contributed by atoms with Crippen LogP contribution in [0.1, 0.15) is 39.4 Å². The van der Waals surface area contributed by atoms with E-state index in [1.54, 1.807) is 29.9 Å². The molecular weight excluding hydrogens is 474 g/mol. The zero-order chi connectivity index (χ0) is 26.4. The van der Waals surface area contributed by atoms with Gasteiger partial charge in [0.25, 0.3) is 11.8 Å². The van der Waals surface area contributed by atoms with Gasteiger partial charge in [-0.1, -0.05) is 30.3 Å². The van der Waals surface area contributed by atoms with E-state index in [4.69, 9.17) is 5.73 Å². The van der Waals surface area contributed by atoms with E-state index < -0.39 is 35.8 Å². The number of rotatable bonds is 8. The van der Waals surface area contributed by atoms with E-state index in [-0.39, 0.29) is 31.0 Å². The number of nitrogens with two attached hydrogens (primary N) is 1. The quantitative estimate of drug-likeness (QED) is 0.405. The van der Waals surface area contributed by atoms with Crippen molar-refractivity contribution in [3.05, 3.63) is 84.2 Å². The van der Waals surface area contributed by atoms with Crippen LogP contribution in [-0.2, 0) is 23.1 Å². The predicted molar refractivity (Wildman–Crippen MR) is 134 cm³/mol. The molecule has 0 aliphatic carbocycles. The van der Waals surface area contributed by atoms with Crippen LogP contribution in [0, 0.1) is 0 Å². The van der Waals surface area contributed by atoms with Crippen molar-refractivity contribution in [1.82, 2.24) is 30.1 Å². The van der Waals surface area contributed by atoms with E-state index in [2.05, 4.69) is 20.6 Å². The van der Waals surface area contributed by atoms with Gasteiger partial charge in [-0.2, -0.15) is 0 Å². The molecule has 1 saturated heterocycles. The number of aryl methyl sites for hydroxylation is 1. The molecule has 37 heavy (non-hydrogen) atoms. The fraction of sp³-hybridized carbons (Fsp3) is 0.308. The van der Waals surface area contributed by atoms with Gasteiger partial charge in [0.1, 0.15) is 23.5 Å². The molecule has 4 N–H and O–H groups in total. The summed E-state index contributed by atoms with van der Waals surface area (Å²) in [6.07, 6.45) is 6.81. The number of benzene rings is 1. The van der Waals surface area contributed by atoms with Crippen molar-refractivity contribution in [3.8, 4) is 0 Å². The number of nitrogens with zero attached hydrogens (tertiary/aromatic N) is 4. The minimum atomic E-state index is -0.962. The third kappa shape index (κ3) is 6.18. The Kier molecular flexibility index (Phi) is 7.92. The Morgan fingerprint density at radius 1 is 1.11 bits per heavy atom. The second-order valence-electron chi connectivity index (χ2n) is 8.96. The normalized spacial score (nSPS) is 18.0. The molecule has 1 aliphatic heterocycles. The molecule has 0 bridgehead atoms. The van der Waals surface area contributed by atoms with Crippen LogP contribution in [0.5, 0.6) is 0 Å². The summed E-state index contributed by atoms with van der Waals surface area (Å²) in [5.74, 6) is -1.93. The van der Waals surface area contributed by atoms with E-state index in [1.165, 1.54) is 23.5 Å². The molecule has 4 rings (SSSR count). The molecule has 1 fully saturated rings. The van der Waals surface area contributed by atoms with Crippen molar-refractivity contribution in [2.45, 2.75) is 37.4 Å². The zero-order valence-corrected chi connectivity index (χ0v) is 20.4. The van der Waals surface area contributed by atoms with Crippen LogP contribution in [0.4, 0.5) is 0 Å². The Labute approximate surface area is 214 Å². The number of primary amides is 1. The van der Waals surface area contributed by atoms with Crippen LogP contribution in [-0.4, -0.2) is 67.7 Å². The molecule has 0 radical (unpaired) electrons. The van der Waals surface area contributed by atoms with Gasteiger partial charge in [0, 0.05) is 44.6 Å². The molecule has 4 amide bonds. The second-order valence-corrected chi connectivity index (χ2v) is 8.96. The summed E-state index contributed by atoms with van der Waals surface area (Å²) < 4.78 is 1.68. The molecule has 192 valence electrons. The second kappa shape index (κ2) is 11.5. The average Bonchev–Trinajstić information content (AvgIpc) is 3.34. The molecular formula is C26H29N7O4. The first-order chi connectivity index (χ1) is 17.8. The number of likely N-dealkylation sites (tertiary alicyclic amines) is 1. The van der Waals surface area contributed by atoms with Crippen molar-refractivity contribution in [1.29, 1.82) is 0 Å². The monoisotopic (exact) mass is 503 g/mol. The maximum absolute atomic E-state index is 13.5. The van der Waals surface area contributed by atoms with Crippen molar-refractivity contribution < 1.29 is 19.2 Å². The third-order valence-corrected chi connectivity index (χ3v) is 6.40. The van der Waals surface area contributed by atoms with Gasteiger partial charge in [0.15, 0.2) is 0 Å². The molecule has 11 heteroatoms. The first-order valence-electron chi connectivity index (χ1n) is 12.0. The number of piperidine rings is 1. The van der Waals surface area contributed by atoms with E-state index >= 15 is 0 Å². The summed E-state index contributed by atoms with van der Waals surface area (Å²) in [5, 5.41) is 5.62. The molecule has 2 aromatic heterocycles. The van der Waals surface area contributed by atoms with Crippen LogP contribution in [0.2, 0.25) is 0 Å². The lowest BCUT2D eigenvalue weighted by Gasteiger charge is -2.39. The lowest BCUT2D eigenvalue weighted by Crippen LogP contribution is -2.60. The number of carbonyl (C=O) groups is 4. The number of hydrogen-bond acceptors (Lipinski definition) is 6. The molecule has 1 aliphatic rings. The molecule has 3 aromatic rings. The molecule has 3 unspecified atom stereocenters. The van der Waals surface area contributed by atoms with Crippen LogP contribution in [0.15, 0.2) is 67.3 Å². The largest absolute Gasteiger partial charge is 0.368 e. The Hall–Kier alpha value is -4.54. The van der Waals surface area contributed by atoms with E-state index in [0.29, 0.717) is 12.1 Å². The summed E-state index contributed by atoms with van der Waals surface area (Å²) in [6, 6.07) is 10.3. The Bertz CT molecular complexity index is 1260. The van der Waals surface area contributed by atoms with Gasteiger partial charge in [-0.25, -0.2) is 4.98 Å². The highest BCUT2D eigenvalue weighted by Crippen LogP contribution is 2.22. The lowest BCUT2D eigenvalue weighted by atomic mass is 9.95. The summed E-state index contributed by atoms with van der Waals surface area (Å²) in [7, 11) is 1.75. The number of hydrogen-bond donors (Lipinski definition) is 3. The maximum Gasteiger partial charge on any atom is 0.271 e. The van der Waals surface area contributed by atoms with E-state index in [9.17, 15) is 19.2 Å². The van der Waals surface area contributed by atoms with Gasteiger partial charge >= 0.3 is 0 Å². The predicted octanol–water partition coefficient (Wildman–Crippen LogP) is 0.431. The van der Waals surface area contributed by atoms with Gasteiger partial charge < -0.3 is 25.8 Å². The van der Waals surface area contributed by atoms with Gasteiger partial charge in [-0.05, 0) is 30.5 Å².